The first-order valence-corrected chi connectivity index (χ1v) is 13.9. The van der Waals surface area contributed by atoms with Crippen molar-refractivity contribution in [3.8, 4) is 0 Å². The van der Waals surface area contributed by atoms with Crippen LogP contribution in [0.5, 0.6) is 0 Å². The number of hydrogen-bond donors (Lipinski definition) is 1. The molecule has 2 fully saturated rings. The molecule has 0 aromatic heterocycles. The molecule has 204 valence electrons. The van der Waals surface area contributed by atoms with Crippen LogP contribution in [0.25, 0.3) is 0 Å². The number of rotatable bonds is 4. The zero-order chi connectivity index (χ0) is 27.4. The maximum Gasteiger partial charge on any atom is 0.236 e. The maximum atomic E-state index is 11.9. The Kier molecular flexibility index (Phi) is 11.6. The number of ketones is 1. The van der Waals surface area contributed by atoms with E-state index in [9.17, 15) is 9.59 Å². The number of halogens is 2. The third-order valence-electron chi connectivity index (χ3n) is 7.16. The van der Waals surface area contributed by atoms with Crippen LogP contribution in [-0.2, 0) is 30.1 Å². The summed E-state index contributed by atoms with van der Waals surface area (Å²) in [5, 5.41) is 1.18. The monoisotopic (exact) mass is 558 g/mol. The summed E-state index contributed by atoms with van der Waals surface area (Å²) in [4.78, 5) is 26.7. The molecule has 0 bridgehead atoms. The molecule has 1 saturated carbocycles. The zero-order valence-electron chi connectivity index (χ0n) is 21.9. The topological polar surface area (TPSA) is 91.0 Å². The van der Waals surface area contributed by atoms with E-state index in [-0.39, 0.29) is 5.78 Å². The molecule has 2 aromatic rings. The lowest BCUT2D eigenvalue weighted by Gasteiger charge is -2.33. The normalized spacial score (nSPS) is 24.5. The van der Waals surface area contributed by atoms with Gasteiger partial charge in [0.25, 0.3) is 0 Å². The molecule has 2 aromatic carbocycles. The van der Waals surface area contributed by atoms with Gasteiger partial charge in [-0.2, -0.15) is 4.99 Å². The molecule has 0 amide bonds. The highest BCUT2D eigenvalue weighted by atomic mass is 35.5. The molecule has 3 aliphatic rings. The van der Waals surface area contributed by atoms with Crippen molar-refractivity contribution in [2.45, 2.75) is 68.9 Å². The third kappa shape index (κ3) is 7.13. The number of methoxy groups -OCH3 is 1. The summed E-state index contributed by atoms with van der Waals surface area (Å²) in [5.74, 6) is 0.784. The van der Waals surface area contributed by atoms with Gasteiger partial charge < -0.3 is 15.2 Å². The van der Waals surface area contributed by atoms with Gasteiger partial charge in [-0.1, -0.05) is 66.0 Å². The molecule has 1 heterocycles. The van der Waals surface area contributed by atoms with Crippen molar-refractivity contribution >= 4 is 35.1 Å². The second kappa shape index (κ2) is 14.6. The quantitative estimate of drug-likeness (QED) is 0.321. The fourth-order valence-corrected chi connectivity index (χ4v) is 5.71. The minimum absolute atomic E-state index is 0.113. The Hall–Kier alpha value is -2.47. The first-order valence-electron chi connectivity index (χ1n) is 13.1. The van der Waals surface area contributed by atoms with Crippen LogP contribution in [0.3, 0.4) is 0 Å². The van der Waals surface area contributed by atoms with Crippen LogP contribution in [0.1, 0.15) is 68.9 Å². The van der Waals surface area contributed by atoms with E-state index in [2.05, 4.69) is 4.99 Å². The highest BCUT2D eigenvalue weighted by Crippen LogP contribution is 2.44. The van der Waals surface area contributed by atoms with E-state index >= 15 is 0 Å². The number of nitrogens with two attached hydrogens (primary N) is 1. The predicted octanol–water partition coefficient (Wildman–Crippen LogP) is 7.02. The van der Waals surface area contributed by atoms with Gasteiger partial charge in [0.2, 0.25) is 6.08 Å². The molecule has 2 N–H and O–H groups in total. The smallest absolute Gasteiger partial charge is 0.236 e. The van der Waals surface area contributed by atoms with Crippen LogP contribution in [-0.4, -0.2) is 32.2 Å². The number of Topliss-reactive ketones (excluding diaryl/α,β-unsaturated/α-hetero) is 1. The van der Waals surface area contributed by atoms with Gasteiger partial charge in [-0.15, -0.1) is 0 Å². The predicted molar refractivity (Wildman–Crippen MR) is 151 cm³/mol. The van der Waals surface area contributed by atoms with E-state index in [1.807, 2.05) is 42.5 Å². The maximum absolute atomic E-state index is 11.9. The van der Waals surface area contributed by atoms with Crippen molar-refractivity contribution in [2.24, 2.45) is 10.7 Å². The Balaban J connectivity index is 0.000000180. The standard InChI is InChI=1S/C14H14ClNO2.C12H14ClNO.C4H8O/c1-18-13-8-4-5-9-14(13,16-10-17)11-6-2-3-7-12(11)15;13-10-6-2-1-5-9(10)12(14)8-4-3-7-11(12)15;1-2-4-5-3-1/h2-3,6-8H,4-5,9H2,1H3;1-2,5-6H,3-4,7-8,14H2;1-4H2/t14-;12-;/m00./s1. The van der Waals surface area contributed by atoms with Gasteiger partial charge in [0.1, 0.15) is 11.3 Å². The highest BCUT2D eigenvalue weighted by molar-refractivity contribution is 6.32. The van der Waals surface area contributed by atoms with Crippen molar-refractivity contribution in [1.82, 2.24) is 0 Å². The second-order valence-electron chi connectivity index (χ2n) is 9.61. The van der Waals surface area contributed by atoms with Crippen molar-refractivity contribution in [3.05, 3.63) is 81.5 Å². The summed E-state index contributed by atoms with van der Waals surface area (Å²) < 4.78 is 10.3. The Morgan fingerprint density at radius 1 is 0.921 bits per heavy atom. The number of nitrogens with zero attached hydrogens (tertiary/aromatic N) is 1. The van der Waals surface area contributed by atoms with Crippen LogP contribution in [0.4, 0.5) is 0 Å². The summed E-state index contributed by atoms with van der Waals surface area (Å²) in [6, 6.07) is 14.8. The van der Waals surface area contributed by atoms with E-state index in [1.54, 1.807) is 25.3 Å². The van der Waals surface area contributed by atoms with Crippen molar-refractivity contribution in [1.29, 1.82) is 0 Å². The lowest BCUT2D eigenvalue weighted by Crippen LogP contribution is -2.47. The Labute approximate surface area is 235 Å². The van der Waals surface area contributed by atoms with Gasteiger partial charge in [-0.3, -0.25) is 4.79 Å². The number of allylic oxidation sites excluding steroid dienone is 1. The molecule has 5 rings (SSSR count). The minimum Gasteiger partial charge on any atom is -0.498 e. The number of isocyanates is 1. The Bertz CT molecular complexity index is 1150. The van der Waals surface area contributed by atoms with Crippen molar-refractivity contribution in [2.75, 3.05) is 20.3 Å². The van der Waals surface area contributed by atoms with Gasteiger partial charge in [-0.25, -0.2) is 4.79 Å². The zero-order valence-corrected chi connectivity index (χ0v) is 23.4. The summed E-state index contributed by atoms with van der Waals surface area (Å²) >= 11 is 12.3. The Morgan fingerprint density at radius 2 is 1.55 bits per heavy atom. The molecule has 0 unspecified atom stereocenters. The number of carbonyl (C=O) groups is 1. The number of ether oxygens (including phenoxy) is 2. The van der Waals surface area contributed by atoms with Gasteiger partial charge in [-0.05, 0) is 68.7 Å². The molecule has 2 atom stereocenters. The molecule has 1 aliphatic heterocycles. The van der Waals surface area contributed by atoms with Gasteiger partial charge >= 0.3 is 0 Å². The van der Waals surface area contributed by atoms with Crippen LogP contribution in [0.15, 0.2) is 65.4 Å². The molecular weight excluding hydrogens is 523 g/mol. The molecular formula is C30H36Cl2N2O4. The second-order valence-corrected chi connectivity index (χ2v) is 10.4. The summed E-state index contributed by atoms with van der Waals surface area (Å²) in [5.41, 5.74) is 6.10. The molecule has 1 saturated heterocycles. The highest BCUT2D eigenvalue weighted by Gasteiger charge is 2.41. The van der Waals surface area contributed by atoms with Crippen LogP contribution in [0, 0.1) is 0 Å². The lowest BCUT2D eigenvalue weighted by atomic mass is 9.76. The van der Waals surface area contributed by atoms with E-state index in [0.29, 0.717) is 35.1 Å². The van der Waals surface area contributed by atoms with E-state index in [4.69, 9.17) is 38.4 Å². The largest absolute Gasteiger partial charge is 0.498 e. The Morgan fingerprint density at radius 3 is 2.08 bits per heavy atom. The molecule has 2 aliphatic carbocycles. The first kappa shape index (κ1) is 30.1. The average Bonchev–Trinajstić information content (AvgIpc) is 3.52. The van der Waals surface area contributed by atoms with E-state index in [0.717, 1.165) is 50.0 Å². The SMILES string of the molecule is C1CCOC1.COC1=CCCC[C@]1(N=C=O)c1ccccc1Cl.N[C@]1(c2ccccc2Cl)CCCCC1=O. The van der Waals surface area contributed by atoms with E-state index in [1.165, 1.54) is 12.8 Å². The van der Waals surface area contributed by atoms with Crippen LogP contribution < -0.4 is 5.73 Å². The summed E-state index contributed by atoms with van der Waals surface area (Å²) in [7, 11) is 1.59. The number of carbonyl (C=O) groups excluding carboxylic acids is 2. The fourth-order valence-electron chi connectivity index (χ4n) is 5.12. The fraction of sp³-hybridized carbons (Fsp3) is 0.467. The number of benzene rings is 2. The number of aliphatic imine (C=N–C) groups is 1. The summed E-state index contributed by atoms with van der Waals surface area (Å²) in [6.45, 7) is 2.00. The first-order chi connectivity index (χ1) is 18.4. The molecule has 0 radical (unpaired) electrons. The van der Waals surface area contributed by atoms with Crippen molar-refractivity contribution in [3.63, 3.8) is 0 Å². The van der Waals surface area contributed by atoms with Gasteiger partial charge in [0, 0.05) is 35.2 Å². The number of hydrogen-bond acceptors (Lipinski definition) is 6. The van der Waals surface area contributed by atoms with Crippen LogP contribution >= 0.6 is 23.2 Å². The molecule has 6 nitrogen and oxygen atoms in total. The third-order valence-corrected chi connectivity index (χ3v) is 7.82. The molecule has 38 heavy (non-hydrogen) atoms. The average molecular weight is 560 g/mol. The summed E-state index contributed by atoms with van der Waals surface area (Å²) in [6.07, 6.45) is 12.0. The van der Waals surface area contributed by atoms with Gasteiger partial charge in [0.05, 0.1) is 7.11 Å². The molecule has 0 spiro atoms. The van der Waals surface area contributed by atoms with Crippen LogP contribution in [0.2, 0.25) is 10.0 Å². The minimum atomic E-state index is -0.851. The van der Waals surface area contributed by atoms with E-state index < -0.39 is 11.1 Å². The van der Waals surface area contributed by atoms with Crippen molar-refractivity contribution < 1.29 is 19.1 Å². The van der Waals surface area contributed by atoms with Gasteiger partial charge in [0.15, 0.2) is 11.3 Å². The molecule has 8 heteroatoms. The lowest BCUT2D eigenvalue weighted by molar-refractivity contribution is -0.126.